The lowest BCUT2D eigenvalue weighted by atomic mass is 10.1. The van der Waals surface area contributed by atoms with E-state index in [0.717, 1.165) is 44.8 Å². The van der Waals surface area contributed by atoms with Crippen molar-refractivity contribution in [1.82, 2.24) is 9.88 Å². The second-order valence-electron chi connectivity index (χ2n) is 7.24. The summed E-state index contributed by atoms with van der Waals surface area (Å²) in [7, 11) is 0. The summed E-state index contributed by atoms with van der Waals surface area (Å²) >= 11 is 0. The van der Waals surface area contributed by atoms with E-state index in [1.165, 1.54) is 10.5 Å². The van der Waals surface area contributed by atoms with Gasteiger partial charge in [-0.25, -0.2) is 0 Å². The number of aromatic nitrogens is 1. The largest absolute Gasteiger partial charge is 0.328 e. The van der Waals surface area contributed by atoms with Crippen molar-refractivity contribution >= 4 is 17.5 Å². The molecule has 140 valence electrons. The van der Waals surface area contributed by atoms with Crippen molar-refractivity contribution in [2.45, 2.75) is 19.4 Å². The Morgan fingerprint density at radius 2 is 1.78 bits per heavy atom. The van der Waals surface area contributed by atoms with Crippen LogP contribution in [0.3, 0.4) is 0 Å². The quantitative estimate of drug-likeness (QED) is 0.870. The number of carbonyl (C=O) groups excluding carboxylic acids is 2. The molecule has 2 saturated heterocycles. The fraction of sp³-hybridized carbons (Fsp3) is 0.381. The number of amides is 2. The molecule has 1 aromatic heterocycles. The molecule has 2 aliphatic heterocycles. The van der Waals surface area contributed by atoms with Gasteiger partial charge in [0.25, 0.3) is 5.91 Å². The molecular weight excluding hydrogens is 340 g/mol. The Balaban J connectivity index is 1.42. The SMILES string of the molecule is O=C(c1ccccc1N1CCCC1=O)N1CC[NH+](Cc2ccncc2)CC1. The number of hydrogen-bond donors (Lipinski definition) is 1. The summed E-state index contributed by atoms with van der Waals surface area (Å²) in [6.45, 7) is 5.00. The third-order valence-corrected chi connectivity index (χ3v) is 5.46. The molecule has 27 heavy (non-hydrogen) atoms. The highest BCUT2D eigenvalue weighted by atomic mass is 16.2. The van der Waals surface area contributed by atoms with E-state index in [0.29, 0.717) is 18.5 Å². The van der Waals surface area contributed by atoms with Gasteiger partial charge in [-0.3, -0.25) is 14.6 Å². The first-order chi connectivity index (χ1) is 13.2. The first-order valence-electron chi connectivity index (χ1n) is 9.63. The van der Waals surface area contributed by atoms with Gasteiger partial charge in [0.15, 0.2) is 0 Å². The van der Waals surface area contributed by atoms with Gasteiger partial charge in [-0.05, 0) is 30.7 Å². The number of carbonyl (C=O) groups is 2. The van der Waals surface area contributed by atoms with Crippen LogP contribution in [0.4, 0.5) is 5.69 Å². The van der Waals surface area contributed by atoms with Gasteiger partial charge in [0, 0.05) is 30.9 Å². The Morgan fingerprint density at radius 3 is 2.48 bits per heavy atom. The van der Waals surface area contributed by atoms with Gasteiger partial charge in [0.2, 0.25) is 5.91 Å². The van der Waals surface area contributed by atoms with E-state index in [1.807, 2.05) is 53.7 Å². The predicted octanol–water partition coefficient (Wildman–Crippen LogP) is 0.749. The highest BCUT2D eigenvalue weighted by molar-refractivity contribution is 6.05. The lowest BCUT2D eigenvalue weighted by Crippen LogP contribution is -3.13. The maximum Gasteiger partial charge on any atom is 0.256 e. The maximum atomic E-state index is 13.1. The van der Waals surface area contributed by atoms with Crippen molar-refractivity contribution in [3.8, 4) is 0 Å². The fourth-order valence-corrected chi connectivity index (χ4v) is 3.96. The number of piperazine rings is 1. The first-order valence-corrected chi connectivity index (χ1v) is 9.63. The Morgan fingerprint density at radius 1 is 1.04 bits per heavy atom. The molecule has 2 fully saturated rings. The summed E-state index contributed by atoms with van der Waals surface area (Å²) < 4.78 is 0. The minimum absolute atomic E-state index is 0.0354. The van der Waals surface area contributed by atoms with Gasteiger partial charge in [-0.2, -0.15) is 0 Å². The van der Waals surface area contributed by atoms with Crippen LogP contribution in [0.25, 0.3) is 0 Å². The summed E-state index contributed by atoms with van der Waals surface area (Å²) in [4.78, 5) is 34.5. The van der Waals surface area contributed by atoms with Crippen molar-refractivity contribution in [1.29, 1.82) is 0 Å². The number of anilines is 1. The lowest BCUT2D eigenvalue weighted by molar-refractivity contribution is -0.917. The molecule has 0 bridgehead atoms. The molecule has 0 unspecified atom stereocenters. The minimum atomic E-state index is 0.0354. The highest BCUT2D eigenvalue weighted by Crippen LogP contribution is 2.26. The van der Waals surface area contributed by atoms with Gasteiger partial charge >= 0.3 is 0 Å². The molecule has 2 amide bonds. The van der Waals surface area contributed by atoms with Gasteiger partial charge in [0.1, 0.15) is 6.54 Å². The predicted molar refractivity (Wildman–Crippen MR) is 103 cm³/mol. The molecule has 2 aliphatic rings. The van der Waals surface area contributed by atoms with Crippen molar-refractivity contribution in [2.75, 3.05) is 37.6 Å². The topological polar surface area (TPSA) is 58.0 Å². The fourth-order valence-electron chi connectivity index (χ4n) is 3.96. The third kappa shape index (κ3) is 3.85. The normalized spacial score (nSPS) is 18.1. The van der Waals surface area contributed by atoms with Crippen LogP contribution in [0, 0.1) is 0 Å². The number of quaternary nitrogens is 1. The molecule has 1 N–H and O–H groups in total. The second-order valence-corrected chi connectivity index (χ2v) is 7.24. The van der Waals surface area contributed by atoms with Gasteiger partial charge in [-0.15, -0.1) is 0 Å². The number of para-hydroxylation sites is 1. The first kappa shape index (κ1) is 17.7. The smallest absolute Gasteiger partial charge is 0.256 e. The second kappa shape index (κ2) is 7.88. The van der Waals surface area contributed by atoms with E-state index in [2.05, 4.69) is 4.98 Å². The zero-order valence-corrected chi connectivity index (χ0v) is 15.4. The summed E-state index contributed by atoms with van der Waals surface area (Å²) in [5.74, 6) is 0.148. The zero-order valence-electron chi connectivity index (χ0n) is 15.4. The van der Waals surface area contributed by atoms with E-state index in [-0.39, 0.29) is 11.8 Å². The number of nitrogens with one attached hydrogen (secondary N) is 1. The highest BCUT2D eigenvalue weighted by Gasteiger charge is 2.29. The maximum absolute atomic E-state index is 13.1. The number of rotatable bonds is 4. The Bertz CT molecular complexity index is 816. The Labute approximate surface area is 159 Å². The number of pyridine rings is 1. The molecule has 0 atom stereocenters. The molecule has 0 aliphatic carbocycles. The summed E-state index contributed by atoms with van der Waals surface area (Å²) in [6, 6.07) is 11.6. The third-order valence-electron chi connectivity index (χ3n) is 5.46. The molecule has 2 aromatic rings. The van der Waals surface area contributed by atoms with E-state index in [9.17, 15) is 9.59 Å². The molecule has 0 spiro atoms. The van der Waals surface area contributed by atoms with Crippen LogP contribution < -0.4 is 9.80 Å². The van der Waals surface area contributed by atoms with Crippen LogP contribution in [-0.2, 0) is 11.3 Å². The average Bonchev–Trinajstić information content (AvgIpc) is 3.14. The Kier molecular flexibility index (Phi) is 5.16. The zero-order chi connectivity index (χ0) is 18.6. The Hall–Kier alpha value is -2.73. The molecule has 0 radical (unpaired) electrons. The summed E-state index contributed by atoms with van der Waals surface area (Å²) in [5.41, 5.74) is 2.68. The van der Waals surface area contributed by atoms with Crippen molar-refractivity contribution in [2.24, 2.45) is 0 Å². The van der Waals surface area contributed by atoms with Crippen LogP contribution in [0.1, 0.15) is 28.8 Å². The standard InChI is InChI=1S/C21H24N4O2/c26-20-6-3-11-25(20)19-5-2-1-4-18(19)21(27)24-14-12-23(13-15-24)16-17-7-9-22-10-8-17/h1-2,4-5,7-10H,3,6,11-16H2/p+1. The van der Waals surface area contributed by atoms with Crippen LogP contribution in [-0.4, -0.2) is 54.4 Å². The van der Waals surface area contributed by atoms with Crippen molar-refractivity contribution < 1.29 is 14.5 Å². The van der Waals surface area contributed by atoms with E-state index < -0.39 is 0 Å². The molecule has 0 saturated carbocycles. The lowest BCUT2D eigenvalue weighted by Gasteiger charge is -2.33. The van der Waals surface area contributed by atoms with Gasteiger partial charge in [-0.1, -0.05) is 12.1 Å². The van der Waals surface area contributed by atoms with Crippen molar-refractivity contribution in [3.63, 3.8) is 0 Å². The average molecular weight is 365 g/mol. The minimum Gasteiger partial charge on any atom is -0.328 e. The molecular formula is C21H25N4O2+. The molecule has 6 heteroatoms. The van der Waals surface area contributed by atoms with E-state index >= 15 is 0 Å². The van der Waals surface area contributed by atoms with Crippen LogP contribution >= 0.6 is 0 Å². The number of benzene rings is 1. The molecule has 4 rings (SSSR count). The molecule has 3 heterocycles. The number of hydrogen-bond acceptors (Lipinski definition) is 3. The van der Waals surface area contributed by atoms with Crippen LogP contribution in [0.5, 0.6) is 0 Å². The van der Waals surface area contributed by atoms with Gasteiger partial charge in [0.05, 0.1) is 37.4 Å². The van der Waals surface area contributed by atoms with Gasteiger partial charge < -0.3 is 14.7 Å². The van der Waals surface area contributed by atoms with Crippen molar-refractivity contribution in [3.05, 3.63) is 59.9 Å². The molecule has 1 aromatic carbocycles. The monoisotopic (exact) mass is 365 g/mol. The summed E-state index contributed by atoms with van der Waals surface area (Å²) in [6.07, 6.45) is 5.08. The van der Waals surface area contributed by atoms with E-state index in [1.54, 1.807) is 4.90 Å². The van der Waals surface area contributed by atoms with Crippen LogP contribution in [0.2, 0.25) is 0 Å². The van der Waals surface area contributed by atoms with Crippen LogP contribution in [0.15, 0.2) is 48.8 Å². The van der Waals surface area contributed by atoms with E-state index in [4.69, 9.17) is 0 Å². The molecule has 6 nitrogen and oxygen atoms in total. The summed E-state index contributed by atoms with van der Waals surface area (Å²) in [5, 5.41) is 0. The number of nitrogens with zero attached hydrogens (tertiary/aromatic N) is 3.